The third kappa shape index (κ3) is 5.87. The Labute approximate surface area is 236 Å². The molecule has 0 bridgehead atoms. The van der Waals surface area contributed by atoms with Crippen molar-refractivity contribution in [3.8, 4) is 22.6 Å². The smallest absolute Gasteiger partial charge is 0.246 e. The van der Waals surface area contributed by atoms with Gasteiger partial charge in [0.1, 0.15) is 29.3 Å². The summed E-state index contributed by atoms with van der Waals surface area (Å²) in [5, 5.41) is 0.844. The van der Waals surface area contributed by atoms with Gasteiger partial charge in [-0.05, 0) is 63.2 Å². The average Bonchev–Trinajstić information content (AvgIpc) is 3.56. The number of ether oxygens (including phenoxy) is 1. The van der Waals surface area contributed by atoms with Crippen LogP contribution in [-0.2, 0) is 4.79 Å². The molecule has 1 atom stereocenters. The zero-order valence-electron chi connectivity index (χ0n) is 23.6. The number of unbranched alkanes of at least 4 members (excludes halogenated alkanes) is 1. The Kier molecular flexibility index (Phi) is 8.45. The number of nitrogen functional groups attached to an aromatic ring is 1. The number of para-hydroxylation sites is 1. The standard InChI is InChI=1S/C32H38N6O2/c1-4-5-18-36(3)19-9-12-28(39)37-20-17-25(21-37)38-23(2)29(30-31(33)34-22-35-32(30)38)24-13-15-27(16-14-24)40-26-10-7-6-8-11-26/h6-16,22,25H,4-5,17-21H2,1-3H3,(H2,33,34,35)/b12-9+/t25-/m1/s1. The highest BCUT2D eigenvalue weighted by molar-refractivity contribution is 6.02. The minimum absolute atomic E-state index is 0.0591. The Morgan fingerprint density at radius 3 is 2.62 bits per heavy atom. The van der Waals surface area contributed by atoms with Gasteiger partial charge in [-0.25, -0.2) is 9.97 Å². The first kappa shape index (κ1) is 27.4. The summed E-state index contributed by atoms with van der Waals surface area (Å²) in [7, 11) is 2.09. The van der Waals surface area contributed by atoms with Crippen molar-refractivity contribution in [1.29, 1.82) is 0 Å². The summed E-state index contributed by atoms with van der Waals surface area (Å²) in [6.45, 7) is 7.44. The number of benzene rings is 2. The van der Waals surface area contributed by atoms with Crippen LogP contribution in [0.3, 0.4) is 0 Å². The number of amides is 1. The monoisotopic (exact) mass is 538 g/mol. The molecule has 8 nitrogen and oxygen atoms in total. The van der Waals surface area contributed by atoms with E-state index in [-0.39, 0.29) is 11.9 Å². The fourth-order valence-electron chi connectivity index (χ4n) is 5.50. The lowest BCUT2D eigenvalue weighted by Gasteiger charge is -2.18. The molecule has 1 fully saturated rings. The van der Waals surface area contributed by atoms with Crippen LogP contribution in [0.15, 0.2) is 73.1 Å². The van der Waals surface area contributed by atoms with Crippen molar-refractivity contribution in [1.82, 2.24) is 24.3 Å². The summed E-state index contributed by atoms with van der Waals surface area (Å²) in [6.07, 6.45) is 8.40. The summed E-state index contributed by atoms with van der Waals surface area (Å²) in [4.78, 5) is 26.1. The summed E-state index contributed by atoms with van der Waals surface area (Å²) in [5.74, 6) is 2.06. The molecule has 0 unspecified atom stereocenters. The van der Waals surface area contributed by atoms with E-state index >= 15 is 0 Å². The van der Waals surface area contributed by atoms with Gasteiger partial charge in [0.2, 0.25) is 5.91 Å². The van der Waals surface area contributed by atoms with E-state index in [2.05, 4.69) is 40.3 Å². The Morgan fingerprint density at radius 2 is 1.88 bits per heavy atom. The zero-order chi connectivity index (χ0) is 28.1. The second-order valence-electron chi connectivity index (χ2n) is 10.5. The number of carbonyl (C=O) groups is 1. The van der Waals surface area contributed by atoms with Crippen molar-refractivity contribution in [3.63, 3.8) is 0 Å². The van der Waals surface area contributed by atoms with Crippen LogP contribution in [0.1, 0.15) is 37.9 Å². The Balaban J connectivity index is 1.37. The third-order valence-corrected chi connectivity index (χ3v) is 7.59. The molecule has 208 valence electrons. The maximum absolute atomic E-state index is 13.0. The molecule has 1 aliphatic rings. The number of likely N-dealkylation sites (tertiary alicyclic amines) is 1. The number of aromatic nitrogens is 3. The third-order valence-electron chi connectivity index (χ3n) is 7.59. The van der Waals surface area contributed by atoms with Crippen molar-refractivity contribution in [2.45, 2.75) is 39.2 Å². The maximum Gasteiger partial charge on any atom is 0.246 e. The number of likely N-dealkylation sites (N-methyl/N-ethyl adjacent to an activating group) is 1. The van der Waals surface area contributed by atoms with Crippen LogP contribution < -0.4 is 10.5 Å². The van der Waals surface area contributed by atoms with E-state index in [0.717, 1.165) is 65.3 Å². The normalized spacial score (nSPS) is 15.5. The van der Waals surface area contributed by atoms with Gasteiger partial charge < -0.3 is 24.8 Å². The topological polar surface area (TPSA) is 89.5 Å². The van der Waals surface area contributed by atoms with Gasteiger partial charge in [-0.15, -0.1) is 0 Å². The minimum Gasteiger partial charge on any atom is -0.457 e. The number of fused-ring (bicyclic) bond motifs is 1. The van der Waals surface area contributed by atoms with Crippen molar-refractivity contribution in [3.05, 3.63) is 78.8 Å². The van der Waals surface area contributed by atoms with Crippen LogP contribution in [0.4, 0.5) is 5.82 Å². The van der Waals surface area contributed by atoms with E-state index in [1.807, 2.05) is 65.6 Å². The molecule has 1 saturated heterocycles. The summed E-state index contributed by atoms with van der Waals surface area (Å²) < 4.78 is 8.23. The minimum atomic E-state index is 0.0591. The zero-order valence-corrected chi connectivity index (χ0v) is 23.6. The molecule has 0 radical (unpaired) electrons. The molecule has 8 heteroatoms. The lowest BCUT2D eigenvalue weighted by atomic mass is 10.0. The Morgan fingerprint density at radius 1 is 1.12 bits per heavy atom. The highest BCUT2D eigenvalue weighted by Gasteiger charge is 2.31. The van der Waals surface area contributed by atoms with Crippen LogP contribution in [0.5, 0.6) is 11.5 Å². The van der Waals surface area contributed by atoms with Crippen LogP contribution in [0, 0.1) is 6.92 Å². The van der Waals surface area contributed by atoms with Crippen LogP contribution in [-0.4, -0.2) is 63.5 Å². The van der Waals surface area contributed by atoms with E-state index in [1.165, 1.54) is 12.7 Å². The number of carbonyl (C=O) groups excluding carboxylic acids is 1. The molecular formula is C32H38N6O2. The largest absolute Gasteiger partial charge is 0.457 e. The van der Waals surface area contributed by atoms with Gasteiger partial charge in [0.05, 0.1) is 11.4 Å². The molecule has 4 aromatic rings. The quantitative estimate of drug-likeness (QED) is 0.255. The van der Waals surface area contributed by atoms with Crippen LogP contribution >= 0.6 is 0 Å². The second-order valence-corrected chi connectivity index (χ2v) is 10.5. The highest BCUT2D eigenvalue weighted by Crippen LogP contribution is 2.40. The fraction of sp³-hybridized carbons (Fsp3) is 0.344. The van der Waals surface area contributed by atoms with Crippen molar-refractivity contribution in [2.24, 2.45) is 0 Å². The average molecular weight is 539 g/mol. The predicted octanol–water partition coefficient (Wildman–Crippen LogP) is 5.84. The predicted molar refractivity (Wildman–Crippen MR) is 160 cm³/mol. The fourth-order valence-corrected chi connectivity index (χ4v) is 5.50. The summed E-state index contributed by atoms with van der Waals surface area (Å²) in [5.41, 5.74) is 10.3. The number of rotatable bonds is 10. The van der Waals surface area contributed by atoms with E-state index in [1.54, 1.807) is 6.08 Å². The summed E-state index contributed by atoms with van der Waals surface area (Å²) in [6, 6.07) is 17.9. The van der Waals surface area contributed by atoms with Crippen molar-refractivity contribution >= 4 is 22.8 Å². The number of nitrogens with zero attached hydrogens (tertiary/aromatic N) is 5. The first-order valence-corrected chi connectivity index (χ1v) is 14.0. The van der Waals surface area contributed by atoms with Gasteiger partial charge in [0.25, 0.3) is 0 Å². The van der Waals surface area contributed by atoms with E-state index in [0.29, 0.717) is 18.9 Å². The lowest BCUT2D eigenvalue weighted by molar-refractivity contribution is -0.125. The molecule has 0 spiro atoms. The van der Waals surface area contributed by atoms with E-state index in [9.17, 15) is 4.79 Å². The lowest BCUT2D eigenvalue weighted by Crippen LogP contribution is -2.28. The SMILES string of the molecule is CCCCN(C)C/C=C/C(=O)N1CC[C@@H](n2c(C)c(-c3ccc(Oc4ccccc4)cc3)c3c(N)ncnc32)C1. The molecule has 0 aliphatic carbocycles. The van der Waals surface area contributed by atoms with Gasteiger partial charge in [-0.2, -0.15) is 0 Å². The van der Waals surface area contributed by atoms with Gasteiger partial charge in [0, 0.05) is 37.0 Å². The molecule has 2 aromatic carbocycles. The van der Waals surface area contributed by atoms with Crippen molar-refractivity contribution in [2.75, 3.05) is 39.0 Å². The van der Waals surface area contributed by atoms with Crippen LogP contribution in [0.2, 0.25) is 0 Å². The molecule has 40 heavy (non-hydrogen) atoms. The first-order chi connectivity index (χ1) is 19.5. The number of anilines is 1. The molecule has 2 aromatic heterocycles. The molecule has 5 rings (SSSR count). The van der Waals surface area contributed by atoms with Gasteiger partial charge in [0.15, 0.2) is 0 Å². The molecule has 1 amide bonds. The van der Waals surface area contributed by atoms with E-state index < -0.39 is 0 Å². The van der Waals surface area contributed by atoms with Crippen LogP contribution in [0.25, 0.3) is 22.2 Å². The van der Waals surface area contributed by atoms with Gasteiger partial charge in [-0.3, -0.25) is 4.79 Å². The van der Waals surface area contributed by atoms with Gasteiger partial charge in [-0.1, -0.05) is 49.8 Å². The maximum atomic E-state index is 13.0. The first-order valence-electron chi connectivity index (χ1n) is 14.0. The number of hydrogen-bond donors (Lipinski definition) is 1. The van der Waals surface area contributed by atoms with Gasteiger partial charge >= 0.3 is 0 Å². The number of hydrogen-bond acceptors (Lipinski definition) is 6. The molecule has 1 aliphatic heterocycles. The molecule has 2 N–H and O–H groups in total. The second kappa shape index (κ2) is 12.3. The number of nitrogens with two attached hydrogens (primary N) is 1. The highest BCUT2D eigenvalue weighted by atomic mass is 16.5. The Hall–Kier alpha value is -4.17. The van der Waals surface area contributed by atoms with E-state index in [4.69, 9.17) is 10.5 Å². The molecular weight excluding hydrogens is 500 g/mol. The molecule has 0 saturated carbocycles. The van der Waals surface area contributed by atoms with Crippen molar-refractivity contribution < 1.29 is 9.53 Å². The Bertz CT molecular complexity index is 1480. The molecule has 3 heterocycles. The summed E-state index contributed by atoms with van der Waals surface area (Å²) >= 11 is 0.